The Morgan fingerprint density at radius 3 is 2.38 bits per heavy atom. The van der Waals surface area contributed by atoms with Crippen molar-refractivity contribution in [3.63, 3.8) is 0 Å². The second kappa shape index (κ2) is 13.9. The van der Waals surface area contributed by atoms with E-state index in [-0.39, 0.29) is 11.6 Å². The molecule has 0 heterocycles. The number of alkyl carbamates (subject to hydrolysis) is 1. The van der Waals surface area contributed by atoms with Crippen LogP contribution in [0, 0.1) is 0 Å². The van der Waals surface area contributed by atoms with Crippen molar-refractivity contribution >= 4 is 17.9 Å². The molecule has 4 nitrogen and oxygen atoms in total. The van der Waals surface area contributed by atoms with Gasteiger partial charge in [0.1, 0.15) is 6.61 Å². The molecule has 0 saturated heterocycles. The molecule has 0 aromatic heterocycles. The minimum absolute atomic E-state index is 0.259. The minimum atomic E-state index is -0.355. The summed E-state index contributed by atoms with van der Waals surface area (Å²) in [6, 6.07) is 9.71. The van der Waals surface area contributed by atoms with Crippen molar-refractivity contribution < 1.29 is 14.6 Å². The van der Waals surface area contributed by atoms with E-state index in [4.69, 9.17) is 9.84 Å². The van der Waals surface area contributed by atoms with Crippen LogP contribution in [0.5, 0.6) is 0 Å². The first-order valence-corrected chi connectivity index (χ1v) is 10.9. The van der Waals surface area contributed by atoms with E-state index in [1.165, 1.54) is 31.4 Å². The van der Waals surface area contributed by atoms with Crippen molar-refractivity contribution in [3.05, 3.63) is 35.9 Å². The van der Waals surface area contributed by atoms with Crippen molar-refractivity contribution in [1.29, 1.82) is 0 Å². The van der Waals surface area contributed by atoms with Gasteiger partial charge in [0.2, 0.25) is 0 Å². The first-order chi connectivity index (χ1) is 12.5. The van der Waals surface area contributed by atoms with Crippen LogP contribution in [0.1, 0.15) is 64.4 Å². The Bertz CT molecular complexity index is 479. The number of carbonyl (C=O) groups excluding carboxylic acids is 1. The Morgan fingerprint density at radius 1 is 1.04 bits per heavy atom. The summed E-state index contributed by atoms with van der Waals surface area (Å²) in [5.41, 5.74) is 0.734. The summed E-state index contributed by atoms with van der Waals surface area (Å²) >= 11 is 1.95. The van der Waals surface area contributed by atoms with Gasteiger partial charge >= 0.3 is 6.09 Å². The highest BCUT2D eigenvalue weighted by Crippen LogP contribution is 2.16. The lowest BCUT2D eigenvalue weighted by atomic mass is 10.0. The highest BCUT2D eigenvalue weighted by Gasteiger charge is 2.20. The van der Waals surface area contributed by atoms with E-state index in [1.54, 1.807) is 0 Å². The largest absolute Gasteiger partial charge is 0.445 e. The Hall–Kier alpha value is -1.20. The van der Waals surface area contributed by atoms with Gasteiger partial charge < -0.3 is 15.2 Å². The molecule has 0 radical (unpaired) electrons. The summed E-state index contributed by atoms with van der Waals surface area (Å²) < 4.78 is 5.29. The fourth-order valence-corrected chi connectivity index (χ4v) is 3.82. The lowest BCUT2D eigenvalue weighted by Crippen LogP contribution is -2.44. The topological polar surface area (TPSA) is 58.6 Å². The minimum Gasteiger partial charge on any atom is -0.445 e. The molecule has 148 valence electrons. The first-order valence-electron chi connectivity index (χ1n) is 9.71. The van der Waals surface area contributed by atoms with Gasteiger partial charge in [-0.3, -0.25) is 0 Å². The van der Waals surface area contributed by atoms with Crippen LogP contribution >= 0.6 is 11.8 Å². The number of aliphatic hydroxyl groups excluding tert-OH is 1. The predicted molar refractivity (Wildman–Crippen MR) is 111 cm³/mol. The van der Waals surface area contributed by atoms with Crippen molar-refractivity contribution in [2.45, 2.75) is 70.9 Å². The summed E-state index contributed by atoms with van der Waals surface area (Å²) in [5.74, 6) is 2.21. The highest BCUT2D eigenvalue weighted by molar-refractivity contribution is 7.99. The SMILES string of the molecule is CC(C)(CCSCCCCCCCCO)NC(=O)OCc1ccccc1. The number of carbonyl (C=O) groups is 1. The molecule has 1 amide bonds. The van der Waals surface area contributed by atoms with E-state index in [0.29, 0.717) is 13.2 Å². The number of thioether (sulfide) groups is 1. The lowest BCUT2D eigenvalue weighted by Gasteiger charge is -2.25. The van der Waals surface area contributed by atoms with Gasteiger partial charge in [0.15, 0.2) is 0 Å². The maximum absolute atomic E-state index is 12.0. The molecule has 0 spiro atoms. The van der Waals surface area contributed by atoms with E-state index in [2.05, 4.69) is 5.32 Å². The molecule has 1 aromatic carbocycles. The van der Waals surface area contributed by atoms with E-state index in [9.17, 15) is 4.79 Å². The molecule has 0 saturated carbocycles. The Morgan fingerprint density at radius 2 is 1.69 bits per heavy atom. The summed E-state index contributed by atoms with van der Waals surface area (Å²) in [4.78, 5) is 12.0. The highest BCUT2D eigenvalue weighted by atomic mass is 32.2. The van der Waals surface area contributed by atoms with Crippen LogP contribution in [-0.4, -0.2) is 34.9 Å². The zero-order valence-corrected chi connectivity index (χ0v) is 17.2. The van der Waals surface area contributed by atoms with Gasteiger partial charge in [-0.25, -0.2) is 4.79 Å². The Labute approximate surface area is 163 Å². The normalized spacial score (nSPS) is 11.3. The van der Waals surface area contributed by atoms with Crippen LogP contribution in [-0.2, 0) is 11.3 Å². The molecule has 1 rings (SSSR count). The second-order valence-electron chi connectivity index (χ2n) is 7.28. The second-order valence-corrected chi connectivity index (χ2v) is 8.50. The van der Waals surface area contributed by atoms with E-state index in [1.807, 2.05) is 55.9 Å². The van der Waals surface area contributed by atoms with Gasteiger partial charge in [0.05, 0.1) is 0 Å². The van der Waals surface area contributed by atoms with Gasteiger partial charge in [-0.1, -0.05) is 56.0 Å². The van der Waals surface area contributed by atoms with Crippen LogP contribution in [0.2, 0.25) is 0 Å². The van der Waals surface area contributed by atoms with Crippen molar-refractivity contribution in [3.8, 4) is 0 Å². The predicted octanol–water partition coefficient (Wildman–Crippen LogP) is 5.15. The molecule has 1 aromatic rings. The molecule has 0 aliphatic rings. The molecular weight excluding hydrogens is 346 g/mol. The van der Waals surface area contributed by atoms with Crippen molar-refractivity contribution in [2.75, 3.05) is 18.1 Å². The molecule has 0 fully saturated rings. The van der Waals surface area contributed by atoms with E-state index < -0.39 is 0 Å². The summed E-state index contributed by atoms with van der Waals surface area (Å²) in [5, 5.41) is 11.7. The molecule has 0 atom stereocenters. The molecule has 0 unspecified atom stereocenters. The fraction of sp³-hybridized carbons (Fsp3) is 0.667. The van der Waals surface area contributed by atoms with Crippen LogP contribution < -0.4 is 5.32 Å². The third-order valence-corrected chi connectivity index (χ3v) is 5.29. The van der Waals surface area contributed by atoms with Crippen LogP contribution in [0.4, 0.5) is 4.79 Å². The lowest BCUT2D eigenvalue weighted by molar-refractivity contribution is 0.129. The van der Waals surface area contributed by atoms with Gasteiger partial charge in [0, 0.05) is 12.1 Å². The summed E-state index contributed by atoms with van der Waals surface area (Å²) in [6.07, 6.45) is 7.66. The Kier molecular flexibility index (Phi) is 12.2. The zero-order valence-electron chi connectivity index (χ0n) is 16.3. The van der Waals surface area contributed by atoms with E-state index in [0.717, 1.165) is 30.6 Å². The number of amides is 1. The van der Waals surface area contributed by atoms with Crippen LogP contribution in [0.3, 0.4) is 0 Å². The Balaban J connectivity index is 2.03. The molecule has 5 heteroatoms. The zero-order chi connectivity index (χ0) is 19.1. The average Bonchev–Trinajstić information content (AvgIpc) is 2.62. The van der Waals surface area contributed by atoms with E-state index >= 15 is 0 Å². The molecule has 26 heavy (non-hydrogen) atoms. The number of hydrogen-bond donors (Lipinski definition) is 2. The smallest absolute Gasteiger partial charge is 0.407 e. The van der Waals surface area contributed by atoms with Gasteiger partial charge in [-0.05, 0) is 50.2 Å². The number of benzene rings is 1. The molecular formula is C21H35NO3S. The maximum Gasteiger partial charge on any atom is 0.407 e. The quantitative estimate of drug-likeness (QED) is 0.438. The van der Waals surface area contributed by atoms with Crippen LogP contribution in [0.15, 0.2) is 30.3 Å². The number of aliphatic hydroxyl groups is 1. The van der Waals surface area contributed by atoms with Gasteiger partial charge in [-0.15, -0.1) is 0 Å². The number of ether oxygens (including phenoxy) is 1. The number of unbranched alkanes of at least 4 members (excludes halogenated alkanes) is 5. The third kappa shape index (κ3) is 12.2. The van der Waals surface area contributed by atoms with Crippen LogP contribution in [0.25, 0.3) is 0 Å². The average molecular weight is 382 g/mol. The molecule has 0 aliphatic carbocycles. The monoisotopic (exact) mass is 381 g/mol. The standard InChI is InChI=1S/C21H35NO3S/c1-21(2,14-17-26-16-11-6-4-3-5-10-15-23)22-20(24)25-18-19-12-8-7-9-13-19/h7-9,12-13,23H,3-6,10-11,14-18H2,1-2H3,(H,22,24). The number of hydrogen-bond acceptors (Lipinski definition) is 4. The van der Waals surface area contributed by atoms with Crippen molar-refractivity contribution in [2.24, 2.45) is 0 Å². The third-order valence-electron chi connectivity index (χ3n) is 4.22. The number of rotatable bonds is 14. The first kappa shape index (κ1) is 22.8. The van der Waals surface area contributed by atoms with Gasteiger partial charge in [0.25, 0.3) is 0 Å². The number of nitrogens with one attached hydrogen (secondary N) is 1. The summed E-state index contributed by atoms with van der Waals surface area (Å²) in [6.45, 7) is 4.70. The maximum atomic E-state index is 12.0. The molecule has 2 N–H and O–H groups in total. The fourth-order valence-electron chi connectivity index (χ4n) is 2.55. The summed E-state index contributed by atoms with van der Waals surface area (Å²) in [7, 11) is 0. The van der Waals surface area contributed by atoms with Gasteiger partial charge in [-0.2, -0.15) is 11.8 Å². The van der Waals surface area contributed by atoms with Crippen molar-refractivity contribution in [1.82, 2.24) is 5.32 Å². The molecule has 0 bridgehead atoms. The molecule has 0 aliphatic heterocycles.